The Morgan fingerprint density at radius 1 is 0.939 bits per heavy atom. The molecule has 12 heteroatoms. The number of aromatic amines is 2. The Hall–Kier alpha value is -5.10. The third-order valence-corrected chi connectivity index (χ3v) is 10.2. The number of hydrogen-bond donors (Lipinski definition) is 5. The summed E-state index contributed by atoms with van der Waals surface area (Å²) in [6, 6.07) is 15.1. The molecule has 2 aliphatic heterocycles. The van der Waals surface area contributed by atoms with Gasteiger partial charge in [0.1, 0.15) is 17.7 Å². The van der Waals surface area contributed by atoms with Crippen molar-refractivity contribution in [3.05, 3.63) is 83.6 Å². The fourth-order valence-corrected chi connectivity index (χ4v) is 7.65. The van der Waals surface area contributed by atoms with Crippen molar-refractivity contribution in [2.24, 2.45) is 5.92 Å². The summed E-state index contributed by atoms with van der Waals surface area (Å²) < 4.78 is 32.5. The molecule has 10 nitrogen and oxygen atoms in total. The molecule has 0 unspecified atom stereocenters. The standard InChI is InChI=1S/C37H37F2N7O3/c1-19(2)32(45-36(48)49)35(47)46-14-4-6-31(46)34-41-18-30(44-34)22-8-11-24-23-10-7-20(15-25(23)37(38,39)26(24)16-22)21-9-12-27-29(17-21)43-33(42-27)28-5-3-13-40-28/h7-12,15-19,28,31-32,40,45H,3-6,13-14H2,1-2H3,(H,41,44)(H,42,43)(H,48,49)/t28-,31-,32-/m0/s1. The SMILES string of the molecule is CC(C)[C@H](NC(=O)O)C(=O)N1CCC[C@H]1c1ncc(-c2ccc3c(c2)C(F)(F)c2cc(-c4ccc5nc([C@@H]6CCCN6)[nH]c5c4)ccc2-3)[nH]1. The van der Waals surface area contributed by atoms with E-state index >= 15 is 8.78 Å². The summed E-state index contributed by atoms with van der Waals surface area (Å²) in [6.07, 6.45) is 3.89. The highest BCUT2D eigenvalue weighted by Gasteiger charge is 2.45. The topological polar surface area (TPSA) is 139 Å². The Kier molecular flexibility index (Phi) is 7.51. The number of aromatic nitrogens is 4. The molecule has 3 aliphatic rings. The van der Waals surface area contributed by atoms with E-state index in [0.717, 1.165) is 48.2 Å². The number of amides is 2. The fraction of sp³-hybridized carbons (Fsp3) is 0.351. The first-order valence-electron chi connectivity index (χ1n) is 16.8. The smallest absolute Gasteiger partial charge is 0.405 e. The van der Waals surface area contributed by atoms with E-state index in [-0.39, 0.29) is 35.0 Å². The number of halogens is 2. The van der Waals surface area contributed by atoms with Crippen LogP contribution in [0, 0.1) is 5.92 Å². The number of carboxylic acid groups (broad SMARTS) is 1. The van der Waals surface area contributed by atoms with Gasteiger partial charge in [0, 0.05) is 23.2 Å². The highest BCUT2D eigenvalue weighted by molar-refractivity contribution is 5.87. The average molecular weight is 666 g/mol. The Labute approximate surface area is 281 Å². The molecule has 2 amide bonds. The number of hydrogen-bond acceptors (Lipinski definition) is 5. The van der Waals surface area contributed by atoms with Gasteiger partial charge in [-0.1, -0.05) is 44.2 Å². The Bertz CT molecular complexity index is 2100. The van der Waals surface area contributed by atoms with Gasteiger partial charge in [-0.25, -0.2) is 14.8 Å². The van der Waals surface area contributed by atoms with E-state index < -0.39 is 18.1 Å². The Morgan fingerprint density at radius 2 is 1.65 bits per heavy atom. The van der Waals surface area contributed by atoms with Crippen molar-refractivity contribution >= 4 is 23.0 Å². The lowest BCUT2D eigenvalue weighted by Gasteiger charge is -2.29. The summed E-state index contributed by atoms with van der Waals surface area (Å²) in [5.41, 5.74) is 5.29. The number of carbonyl (C=O) groups excluding carboxylic acids is 1. The zero-order valence-corrected chi connectivity index (χ0v) is 27.2. The first kappa shape index (κ1) is 31.2. The lowest BCUT2D eigenvalue weighted by Crippen LogP contribution is -2.50. The first-order chi connectivity index (χ1) is 23.6. The zero-order chi connectivity index (χ0) is 34.0. The minimum absolute atomic E-state index is 0.0298. The van der Waals surface area contributed by atoms with Crippen molar-refractivity contribution in [1.29, 1.82) is 0 Å². The molecule has 252 valence electrons. The van der Waals surface area contributed by atoms with Crippen LogP contribution in [0.25, 0.3) is 44.5 Å². The third-order valence-electron chi connectivity index (χ3n) is 10.2. The molecule has 5 aromatic rings. The average Bonchev–Trinajstić information content (AvgIpc) is 3.93. The van der Waals surface area contributed by atoms with Crippen molar-refractivity contribution in [2.45, 2.75) is 63.6 Å². The van der Waals surface area contributed by atoms with Crippen LogP contribution < -0.4 is 10.6 Å². The highest BCUT2D eigenvalue weighted by atomic mass is 19.3. The van der Waals surface area contributed by atoms with E-state index in [4.69, 9.17) is 4.98 Å². The van der Waals surface area contributed by atoms with Gasteiger partial charge in [-0.3, -0.25) is 4.79 Å². The minimum Gasteiger partial charge on any atom is -0.465 e. The molecule has 49 heavy (non-hydrogen) atoms. The van der Waals surface area contributed by atoms with Gasteiger partial charge < -0.3 is 30.6 Å². The van der Waals surface area contributed by atoms with E-state index in [9.17, 15) is 14.7 Å². The maximum absolute atomic E-state index is 16.2. The lowest BCUT2D eigenvalue weighted by atomic mass is 9.98. The molecule has 0 saturated carbocycles. The molecule has 5 N–H and O–H groups in total. The molecule has 4 heterocycles. The number of fused-ring (bicyclic) bond motifs is 4. The fourth-order valence-electron chi connectivity index (χ4n) is 7.65. The van der Waals surface area contributed by atoms with E-state index in [1.807, 2.05) is 24.3 Å². The van der Waals surface area contributed by atoms with Crippen molar-refractivity contribution in [1.82, 2.24) is 35.5 Å². The number of alkyl halides is 2. The van der Waals surface area contributed by atoms with Gasteiger partial charge in [0.15, 0.2) is 0 Å². The Morgan fingerprint density at radius 3 is 2.37 bits per heavy atom. The molecular weight excluding hydrogens is 628 g/mol. The van der Waals surface area contributed by atoms with Gasteiger partial charge in [0.2, 0.25) is 5.91 Å². The molecule has 1 aliphatic carbocycles. The number of imidazole rings is 2. The molecule has 0 spiro atoms. The number of carbonyl (C=O) groups is 2. The maximum Gasteiger partial charge on any atom is 0.405 e. The third kappa shape index (κ3) is 5.34. The molecule has 2 fully saturated rings. The van der Waals surface area contributed by atoms with Crippen molar-refractivity contribution in [3.8, 4) is 33.5 Å². The van der Waals surface area contributed by atoms with Gasteiger partial charge in [-0.05, 0) is 84.7 Å². The van der Waals surface area contributed by atoms with Crippen molar-refractivity contribution in [2.75, 3.05) is 13.1 Å². The molecule has 3 atom stereocenters. The van der Waals surface area contributed by atoms with E-state index in [2.05, 4.69) is 25.6 Å². The maximum atomic E-state index is 16.2. The van der Waals surface area contributed by atoms with Crippen LogP contribution in [0.5, 0.6) is 0 Å². The van der Waals surface area contributed by atoms with Crippen LogP contribution in [-0.2, 0) is 10.7 Å². The lowest BCUT2D eigenvalue weighted by molar-refractivity contribution is -0.135. The first-order valence-corrected chi connectivity index (χ1v) is 16.8. The molecule has 2 saturated heterocycles. The molecule has 8 rings (SSSR count). The molecule has 3 aromatic carbocycles. The summed E-state index contributed by atoms with van der Waals surface area (Å²) >= 11 is 0. The van der Waals surface area contributed by atoms with Crippen LogP contribution in [-0.4, -0.2) is 61.1 Å². The van der Waals surface area contributed by atoms with Crippen LogP contribution in [0.2, 0.25) is 0 Å². The van der Waals surface area contributed by atoms with E-state index in [1.54, 1.807) is 49.2 Å². The molecule has 2 aromatic heterocycles. The Balaban J connectivity index is 1.05. The molecule has 0 bridgehead atoms. The number of rotatable bonds is 7. The molecular formula is C37H37F2N7O3. The summed E-state index contributed by atoms with van der Waals surface area (Å²) in [6.45, 7) is 5.03. The van der Waals surface area contributed by atoms with Crippen LogP contribution in [0.1, 0.15) is 74.4 Å². The molecule has 0 radical (unpaired) electrons. The highest BCUT2D eigenvalue weighted by Crippen LogP contribution is 2.52. The normalized spacial score (nSPS) is 20.1. The number of likely N-dealkylation sites (tertiary alicyclic amines) is 1. The quantitative estimate of drug-likeness (QED) is 0.126. The van der Waals surface area contributed by atoms with Crippen LogP contribution in [0.4, 0.5) is 13.6 Å². The second-order valence-electron chi connectivity index (χ2n) is 13.6. The van der Waals surface area contributed by atoms with Gasteiger partial charge in [0.25, 0.3) is 5.92 Å². The monoisotopic (exact) mass is 665 g/mol. The van der Waals surface area contributed by atoms with Crippen molar-refractivity contribution in [3.63, 3.8) is 0 Å². The van der Waals surface area contributed by atoms with Gasteiger partial charge >= 0.3 is 6.09 Å². The van der Waals surface area contributed by atoms with E-state index in [1.165, 1.54) is 6.07 Å². The van der Waals surface area contributed by atoms with Crippen LogP contribution >= 0.6 is 0 Å². The zero-order valence-electron chi connectivity index (χ0n) is 27.2. The van der Waals surface area contributed by atoms with Gasteiger partial charge in [0.05, 0.1) is 35.0 Å². The second-order valence-corrected chi connectivity index (χ2v) is 13.6. The van der Waals surface area contributed by atoms with Crippen molar-refractivity contribution < 1.29 is 23.5 Å². The predicted molar refractivity (Wildman–Crippen MR) is 181 cm³/mol. The van der Waals surface area contributed by atoms with E-state index in [0.29, 0.717) is 46.7 Å². The minimum atomic E-state index is -3.21. The largest absolute Gasteiger partial charge is 0.465 e. The number of nitrogens with zero attached hydrogens (tertiary/aromatic N) is 3. The van der Waals surface area contributed by atoms with Gasteiger partial charge in [-0.2, -0.15) is 8.78 Å². The number of nitrogens with one attached hydrogen (secondary N) is 4. The van der Waals surface area contributed by atoms with Crippen LogP contribution in [0.15, 0.2) is 60.8 Å². The van der Waals surface area contributed by atoms with Gasteiger partial charge in [-0.15, -0.1) is 0 Å². The summed E-state index contributed by atoms with van der Waals surface area (Å²) in [5.74, 6) is -2.31. The summed E-state index contributed by atoms with van der Waals surface area (Å²) in [7, 11) is 0. The second kappa shape index (κ2) is 11.8. The predicted octanol–water partition coefficient (Wildman–Crippen LogP) is 7.12. The summed E-state index contributed by atoms with van der Waals surface area (Å²) in [5, 5.41) is 15.1. The number of H-pyrrole nitrogens is 2. The number of benzene rings is 3. The summed E-state index contributed by atoms with van der Waals surface area (Å²) in [4.78, 5) is 42.4. The van der Waals surface area contributed by atoms with Crippen LogP contribution in [0.3, 0.4) is 0 Å².